The fraction of sp³-hybridized carbons (Fsp3) is 0.324. The molecule has 5 heterocycles. The van der Waals surface area contributed by atoms with Crippen LogP contribution in [0.5, 0.6) is 17.2 Å². The van der Waals surface area contributed by atoms with E-state index in [4.69, 9.17) is 18.6 Å². The molecule has 10 heteroatoms. The molecule has 2 amide bonds. The first-order valence-electron chi connectivity index (χ1n) is 16.1. The fourth-order valence-electron chi connectivity index (χ4n) is 6.60. The third-order valence-corrected chi connectivity index (χ3v) is 8.95. The molecular formula is C37H38N4O6. The molecule has 1 atom stereocenters. The Morgan fingerprint density at radius 3 is 2.62 bits per heavy atom. The second-order valence-corrected chi connectivity index (χ2v) is 11.9. The normalized spacial score (nSPS) is 16.5. The van der Waals surface area contributed by atoms with Gasteiger partial charge in [-0.1, -0.05) is 31.2 Å². The molecule has 242 valence electrons. The molecule has 10 nitrogen and oxygen atoms in total. The van der Waals surface area contributed by atoms with Crippen molar-refractivity contribution in [2.24, 2.45) is 0 Å². The van der Waals surface area contributed by atoms with Crippen molar-refractivity contribution in [3.63, 3.8) is 0 Å². The van der Waals surface area contributed by atoms with Crippen LogP contribution in [0.15, 0.2) is 71.1 Å². The number of aromatic nitrogens is 2. The van der Waals surface area contributed by atoms with Crippen molar-refractivity contribution in [2.45, 2.75) is 39.2 Å². The number of fused-ring (bicyclic) bond motifs is 9. The van der Waals surface area contributed by atoms with Crippen molar-refractivity contribution in [1.82, 2.24) is 19.8 Å². The molecule has 0 spiro atoms. The van der Waals surface area contributed by atoms with Gasteiger partial charge in [-0.25, -0.2) is 4.98 Å². The zero-order chi connectivity index (χ0) is 32.5. The molecule has 0 fully saturated rings. The first-order chi connectivity index (χ1) is 22.9. The number of carbonyl (C=O) groups is 2. The lowest BCUT2D eigenvalue weighted by atomic mass is 9.87. The molecule has 0 saturated heterocycles. The maximum Gasteiger partial charge on any atom is 0.292 e. The number of rotatable bonds is 4. The highest BCUT2D eigenvalue weighted by Gasteiger charge is 2.35. The minimum absolute atomic E-state index is 0.110. The Kier molecular flexibility index (Phi) is 8.32. The molecule has 6 bridgehead atoms. The number of oxazole rings is 1. The monoisotopic (exact) mass is 634 g/mol. The Balaban J connectivity index is 1.18. The van der Waals surface area contributed by atoms with E-state index in [0.717, 1.165) is 33.3 Å². The van der Waals surface area contributed by atoms with Crippen molar-refractivity contribution in [3.8, 4) is 17.2 Å². The average molecular weight is 635 g/mol. The van der Waals surface area contributed by atoms with Gasteiger partial charge in [0, 0.05) is 30.4 Å². The van der Waals surface area contributed by atoms with E-state index >= 15 is 0 Å². The van der Waals surface area contributed by atoms with Crippen molar-refractivity contribution in [1.29, 1.82) is 0 Å². The molecule has 1 unspecified atom stereocenters. The summed E-state index contributed by atoms with van der Waals surface area (Å²) in [5.74, 6) is 2.71. The van der Waals surface area contributed by atoms with Crippen LogP contribution in [0.1, 0.15) is 68.7 Å². The number of benzene rings is 3. The summed E-state index contributed by atoms with van der Waals surface area (Å²) in [6.45, 7) is 5.91. The quantitative estimate of drug-likeness (QED) is 0.253. The Morgan fingerprint density at radius 1 is 0.957 bits per heavy atom. The number of aromatic amines is 1. The fourth-order valence-corrected chi connectivity index (χ4v) is 6.60. The molecule has 0 radical (unpaired) electrons. The van der Waals surface area contributed by atoms with Crippen LogP contribution in [0, 0.1) is 6.92 Å². The molecule has 47 heavy (non-hydrogen) atoms. The van der Waals surface area contributed by atoms with Crippen LogP contribution in [0.2, 0.25) is 0 Å². The third-order valence-electron chi connectivity index (χ3n) is 8.95. The maximum atomic E-state index is 14.0. The summed E-state index contributed by atoms with van der Waals surface area (Å²) in [6.07, 6.45) is 1.90. The van der Waals surface area contributed by atoms with E-state index in [1.807, 2.05) is 79.4 Å². The van der Waals surface area contributed by atoms with Gasteiger partial charge in [0.2, 0.25) is 5.76 Å². The molecule has 0 aliphatic carbocycles. The molecule has 0 saturated carbocycles. The number of hydrogen-bond acceptors (Lipinski definition) is 7. The summed E-state index contributed by atoms with van der Waals surface area (Å²) >= 11 is 0. The van der Waals surface area contributed by atoms with Gasteiger partial charge in [-0.05, 0) is 78.9 Å². The van der Waals surface area contributed by atoms with E-state index in [-0.39, 0.29) is 23.6 Å². The summed E-state index contributed by atoms with van der Waals surface area (Å²) < 4.78 is 23.8. The first kappa shape index (κ1) is 30.4. The standard InChI is InChI=1S/C37H38N4O6/c1-4-33-38-23(2)35(47-33)37(43)41-16-14-24-20-27-12-13-28(24)34(41)25-8-5-9-26(21-25)45-18-7-15-40(17-19-46-27)36(42)31-22-29-30(39-31)10-6-11-32(29)44-3/h5-6,8-13,20-22,34,39H,4,7,14-19H2,1-3H3. The number of nitrogens with zero attached hydrogens (tertiary/aromatic N) is 3. The average Bonchev–Trinajstić information content (AvgIpc) is 3.71. The third kappa shape index (κ3) is 5.91. The van der Waals surface area contributed by atoms with E-state index in [9.17, 15) is 9.59 Å². The highest BCUT2D eigenvalue weighted by molar-refractivity contribution is 5.99. The Labute approximate surface area is 273 Å². The Hall–Kier alpha value is -5.25. The smallest absolute Gasteiger partial charge is 0.292 e. The van der Waals surface area contributed by atoms with E-state index < -0.39 is 0 Å². The van der Waals surface area contributed by atoms with Crippen LogP contribution < -0.4 is 14.2 Å². The van der Waals surface area contributed by atoms with Gasteiger partial charge < -0.3 is 33.4 Å². The van der Waals surface area contributed by atoms with Gasteiger partial charge in [0.1, 0.15) is 29.5 Å². The molecule has 3 aromatic carbocycles. The van der Waals surface area contributed by atoms with Gasteiger partial charge in [-0.2, -0.15) is 0 Å². The van der Waals surface area contributed by atoms with E-state index in [2.05, 4.69) is 16.0 Å². The van der Waals surface area contributed by atoms with Crippen LogP contribution in [-0.4, -0.2) is 71.5 Å². The number of carbonyl (C=O) groups excluding carboxylic acids is 2. The summed E-state index contributed by atoms with van der Waals surface area (Å²) in [5, 5.41) is 0.863. The summed E-state index contributed by atoms with van der Waals surface area (Å²) in [6, 6.07) is 21.2. The number of amides is 2. The second kappa shape index (κ2) is 12.9. The van der Waals surface area contributed by atoms with Gasteiger partial charge in [-0.3, -0.25) is 9.59 Å². The topological polar surface area (TPSA) is 110 Å². The first-order valence-corrected chi connectivity index (χ1v) is 16.1. The Morgan fingerprint density at radius 2 is 1.79 bits per heavy atom. The molecule has 5 aromatic rings. The Bertz CT molecular complexity index is 1940. The highest BCUT2D eigenvalue weighted by Crippen LogP contribution is 2.39. The molecule has 2 aromatic heterocycles. The summed E-state index contributed by atoms with van der Waals surface area (Å²) in [5.41, 5.74) is 5.02. The largest absolute Gasteiger partial charge is 0.496 e. The molecule has 1 N–H and O–H groups in total. The second-order valence-electron chi connectivity index (χ2n) is 11.9. The van der Waals surface area contributed by atoms with Crippen molar-refractivity contribution < 1.29 is 28.2 Å². The number of ether oxygens (including phenoxy) is 3. The molecule has 3 aliphatic heterocycles. The van der Waals surface area contributed by atoms with E-state index in [1.165, 1.54) is 0 Å². The zero-order valence-corrected chi connectivity index (χ0v) is 26.9. The van der Waals surface area contributed by atoms with Gasteiger partial charge in [0.15, 0.2) is 5.89 Å². The molecular weight excluding hydrogens is 596 g/mol. The number of methoxy groups -OCH3 is 1. The molecule has 3 aliphatic rings. The molecule has 8 rings (SSSR count). The van der Waals surface area contributed by atoms with Crippen LogP contribution in [0.4, 0.5) is 0 Å². The predicted octanol–water partition coefficient (Wildman–Crippen LogP) is 6.13. The van der Waals surface area contributed by atoms with Crippen molar-refractivity contribution >= 4 is 22.7 Å². The summed E-state index contributed by atoms with van der Waals surface area (Å²) in [4.78, 5) is 39.1. The van der Waals surface area contributed by atoms with Gasteiger partial charge >= 0.3 is 0 Å². The van der Waals surface area contributed by atoms with Gasteiger partial charge in [-0.15, -0.1) is 0 Å². The van der Waals surface area contributed by atoms with Gasteiger partial charge in [0.05, 0.1) is 32.0 Å². The number of hydrogen-bond donors (Lipinski definition) is 1. The number of H-pyrrole nitrogens is 1. The van der Waals surface area contributed by atoms with E-state index in [0.29, 0.717) is 80.9 Å². The van der Waals surface area contributed by atoms with E-state index in [1.54, 1.807) is 12.0 Å². The maximum absolute atomic E-state index is 14.0. The SMILES string of the molecule is CCc1nc(C)c(C(=O)N2CCc3cc4ccc3C2c2cccc(c2)OCCCN(C(=O)c2cc3c(OC)cccc3[nH]2)CCO4)o1. The predicted molar refractivity (Wildman–Crippen MR) is 176 cm³/mol. The van der Waals surface area contributed by atoms with Crippen LogP contribution in [-0.2, 0) is 12.8 Å². The lowest BCUT2D eigenvalue weighted by Crippen LogP contribution is -2.40. The summed E-state index contributed by atoms with van der Waals surface area (Å²) in [7, 11) is 1.62. The van der Waals surface area contributed by atoms with Crippen LogP contribution in [0.3, 0.4) is 0 Å². The zero-order valence-electron chi connectivity index (χ0n) is 26.9. The minimum atomic E-state index is -0.339. The number of nitrogens with one attached hydrogen (secondary N) is 1. The van der Waals surface area contributed by atoms with Crippen LogP contribution >= 0.6 is 0 Å². The lowest BCUT2D eigenvalue weighted by molar-refractivity contribution is 0.0656. The minimum Gasteiger partial charge on any atom is -0.496 e. The number of aryl methyl sites for hydroxylation is 2. The van der Waals surface area contributed by atoms with Gasteiger partial charge in [0.25, 0.3) is 11.8 Å². The lowest BCUT2D eigenvalue weighted by Gasteiger charge is -2.37. The van der Waals surface area contributed by atoms with Crippen LogP contribution in [0.25, 0.3) is 10.9 Å². The van der Waals surface area contributed by atoms with Crippen molar-refractivity contribution in [2.75, 3.05) is 40.0 Å². The van der Waals surface area contributed by atoms with Crippen molar-refractivity contribution in [3.05, 3.63) is 106 Å². The highest BCUT2D eigenvalue weighted by atomic mass is 16.5.